The molecule has 1 heterocycles. The summed E-state index contributed by atoms with van der Waals surface area (Å²) < 4.78 is 16.5. The largest absolute Gasteiger partial charge is 0.496 e. The number of anilines is 1. The molecule has 0 atom stereocenters. The average Bonchev–Trinajstić information content (AvgIpc) is 3.03. The molecule has 3 aromatic rings. The van der Waals surface area contributed by atoms with Crippen LogP contribution < -0.4 is 14.8 Å². The fraction of sp³-hybridized carbons (Fsp3) is 0.238. The fourth-order valence-corrected chi connectivity index (χ4v) is 2.69. The lowest BCUT2D eigenvalue weighted by atomic mass is 10.2. The number of hydrogen-bond acceptors (Lipinski definition) is 5. The number of rotatable bonds is 7. The Morgan fingerprint density at radius 1 is 1.15 bits per heavy atom. The lowest BCUT2D eigenvalue weighted by molar-refractivity contribution is -0.115. The van der Waals surface area contributed by atoms with Crippen LogP contribution in [-0.2, 0) is 11.2 Å². The molecular weight excluding hydrogens is 344 g/mol. The van der Waals surface area contributed by atoms with Crippen LogP contribution in [0.15, 0.2) is 52.9 Å². The number of carbonyl (C=O) groups is 1. The molecule has 0 spiro atoms. The number of nitrogens with one attached hydrogen (secondary N) is 1. The first-order valence-electron chi connectivity index (χ1n) is 8.73. The number of amides is 1. The predicted molar refractivity (Wildman–Crippen MR) is 103 cm³/mol. The minimum Gasteiger partial charge on any atom is -0.496 e. The van der Waals surface area contributed by atoms with Crippen LogP contribution in [0.3, 0.4) is 0 Å². The highest BCUT2D eigenvalue weighted by molar-refractivity contribution is 5.92. The molecule has 0 aliphatic rings. The molecule has 0 aliphatic carbocycles. The summed E-state index contributed by atoms with van der Waals surface area (Å²) in [5.74, 6) is 2.32. The van der Waals surface area contributed by atoms with E-state index in [1.807, 2.05) is 43.3 Å². The molecule has 0 unspecified atom stereocenters. The number of aromatic nitrogens is 1. The Balaban J connectivity index is 1.70. The first-order valence-corrected chi connectivity index (χ1v) is 8.73. The summed E-state index contributed by atoms with van der Waals surface area (Å²) in [5, 5.41) is 2.86. The number of benzene rings is 2. The van der Waals surface area contributed by atoms with E-state index in [1.165, 1.54) is 0 Å². The molecule has 140 valence electrons. The molecule has 0 saturated heterocycles. The summed E-state index contributed by atoms with van der Waals surface area (Å²) in [6.07, 6.45) is 0.123. The van der Waals surface area contributed by atoms with Crippen molar-refractivity contribution in [3.05, 3.63) is 60.0 Å². The van der Waals surface area contributed by atoms with Gasteiger partial charge in [0.25, 0.3) is 0 Å². The molecule has 0 radical (unpaired) electrons. The van der Waals surface area contributed by atoms with Crippen molar-refractivity contribution in [2.75, 3.05) is 19.0 Å². The van der Waals surface area contributed by atoms with Gasteiger partial charge in [0.1, 0.15) is 17.3 Å². The normalized spacial score (nSPS) is 10.5. The Morgan fingerprint density at radius 3 is 2.59 bits per heavy atom. The van der Waals surface area contributed by atoms with Crippen molar-refractivity contribution in [2.24, 2.45) is 0 Å². The second-order valence-electron chi connectivity index (χ2n) is 5.90. The van der Waals surface area contributed by atoms with E-state index in [-0.39, 0.29) is 12.3 Å². The van der Waals surface area contributed by atoms with Crippen molar-refractivity contribution in [1.82, 2.24) is 4.98 Å². The summed E-state index contributed by atoms with van der Waals surface area (Å²) in [6, 6.07) is 14.7. The Morgan fingerprint density at radius 2 is 1.89 bits per heavy atom. The highest BCUT2D eigenvalue weighted by Gasteiger charge is 2.17. The molecular formula is C21H22N2O4. The van der Waals surface area contributed by atoms with Crippen molar-refractivity contribution in [3.8, 4) is 23.0 Å². The van der Waals surface area contributed by atoms with Gasteiger partial charge in [-0.3, -0.25) is 4.79 Å². The van der Waals surface area contributed by atoms with Crippen molar-refractivity contribution in [2.45, 2.75) is 20.3 Å². The summed E-state index contributed by atoms with van der Waals surface area (Å²) in [4.78, 5) is 16.8. The minimum absolute atomic E-state index is 0.123. The zero-order chi connectivity index (χ0) is 19.2. The summed E-state index contributed by atoms with van der Waals surface area (Å²) >= 11 is 0. The monoisotopic (exact) mass is 366 g/mol. The van der Waals surface area contributed by atoms with Gasteiger partial charge in [-0.25, -0.2) is 4.98 Å². The van der Waals surface area contributed by atoms with E-state index in [1.54, 1.807) is 26.2 Å². The third kappa shape index (κ3) is 4.47. The van der Waals surface area contributed by atoms with Crippen LogP contribution in [-0.4, -0.2) is 24.6 Å². The van der Waals surface area contributed by atoms with E-state index in [2.05, 4.69) is 10.3 Å². The first-order chi connectivity index (χ1) is 13.1. The SMILES string of the molecule is CCOc1ccc(NC(=O)Cc2nc(-c3ccccc3OC)oc2C)cc1. The van der Waals surface area contributed by atoms with Crippen molar-refractivity contribution < 1.29 is 18.7 Å². The van der Waals surface area contributed by atoms with Crippen LogP contribution in [0.2, 0.25) is 0 Å². The number of carbonyl (C=O) groups excluding carboxylic acids is 1. The average molecular weight is 366 g/mol. The molecule has 0 saturated carbocycles. The van der Waals surface area contributed by atoms with E-state index in [9.17, 15) is 4.79 Å². The number of nitrogens with zero attached hydrogens (tertiary/aromatic N) is 1. The maximum Gasteiger partial charge on any atom is 0.230 e. The third-order valence-corrected chi connectivity index (χ3v) is 4.01. The zero-order valence-electron chi connectivity index (χ0n) is 15.6. The maximum absolute atomic E-state index is 12.4. The fourth-order valence-electron chi connectivity index (χ4n) is 2.69. The van der Waals surface area contributed by atoms with Crippen LogP contribution >= 0.6 is 0 Å². The van der Waals surface area contributed by atoms with Gasteiger partial charge in [0.2, 0.25) is 11.8 Å². The van der Waals surface area contributed by atoms with Crippen molar-refractivity contribution >= 4 is 11.6 Å². The molecule has 0 bridgehead atoms. The lowest BCUT2D eigenvalue weighted by Gasteiger charge is -2.06. The molecule has 0 fully saturated rings. The lowest BCUT2D eigenvalue weighted by Crippen LogP contribution is -2.15. The molecule has 1 aromatic heterocycles. The van der Waals surface area contributed by atoms with Gasteiger partial charge in [-0.1, -0.05) is 12.1 Å². The van der Waals surface area contributed by atoms with Gasteiger partial charge in [0, 0.05) is 5.69 Å². The summed E-state index contributed by atoms with van der Waals surface area (Å²) in [7, 11) is 1.60. The minimum atomic E-state index is -0.165. The molecule has 6 nitrogen and oxygen atoms in total. The number of oxazole rings is 1. The van der Waals surface area contributed by atoms with Crippen LogP contribution in [0.4, 0.5) is 5.69 Å². The number of aryl methyl sites for hydroxylation is 1. The van der Waals surface area contributed by atoms with Crippen LogP contribution in [0.1, 0.15) is 18.4 Å². The maximum atomic E-state index is 12.4. The topological polar surface area (TPSA) is 73.6 Å². The van der Waals surface area contributed by atoms with Gasteiger partial charge >= 0.3 is 0 Å². The van der Waals surface area contributed by atoms with Crippen LogP contribution in [0.25, 0.3) is 11.5 Å². The number of hydrogen-bond donors (Lipinski definition) is 1. The summed E-state index contributed by atoms with van der Waals surface area (Å²) in [5.41, 5.74) is 2.05. The summed E-state index contributed by atoms with van der Waals surface area (Å²) in [6.45, 7) is 4.33. The Bertz CT molecular complexity index is 916. The van der Waals surface area contributed by atoms with Gasteiger partial charge in [-0.15, -0.1) is 0 Å². The standard InChI is InChI=1S/C21H22N2O4/c1-4-26-16-11-9-15(10-12-16)22-20(24)13-18-14(2)27-21(23-18)17-7-5-6-8-19(17)25-3/h5-12H,4,13H2,1-3H3,(H,22,24). The highest BCUT2D eigenvalue weighted by atomic mass is 16.5. The first kappa shape index (κ1) is 18.5. The van der Waals surface area contributed by atoms with Gasteiger partial charge in [0.05, 0.1) is 31.4 Å². The molecule has 2 aromatic carbocycles. The molecule has 0 aliphatic heterocycles. The Labute approximate surface area is 158 Å². The predicted octanol–water partition coefficient (Wildman–Crippen LogP) is 4.24. The van der Waals surface area contributed by atoms with E-state index in [0.717, 1.165) is 11.3 Å². The van der Waals surface area contributed by atoms with Crippen LogP contribution in [0.5, 0.6) is 11.5 Å². The number of para-hydroxylation sites is 1. The van der Waals surface area contributed by atoms with Crippen molar-refractivity contribution in [3.63, 3.8) is 0 Å². The molecule has 1 amide bonds. The zero-order valence-corrected chi connectivity index (χ0v) is 15.6. The smallest absolute Gasteiger partial charge is 0.230 e. The highest BCUT2D eigenvalue weighted by Crippen LogP contribution is 2.30. The molecule has 1 N–H and O–H groups in total. The van der Waals surface area contributed by atoms with E-state index in [0.29, 0.717) is 35.4 Å². The van der Waals surface area contributed by atoms with E-state index < -0.39 is 0 Å². The van der Waals surface area contributed by atoms with Gasteiger partial charge in [0.15, 0.2) is 0 Å². The second-order valence-corrected chi connectivity index (χ2v) is 5.90. The molecule has 3 rings (SSSR count). The molecule has 6 heteroatoms. The van der Waals surface area contributed by atoms with Gasteiger partial charge < -0.3 is 19.2 Å². The van der Waals surface area contributed by atoms with Crippen molar-refractivity contribution in [1.29, 1.82) is 0 Å². The van der Waals surface area contributed by atoms with Gasteiger partial charge in [-0.05, 0) is 50.2 Å². The van der Waals surface area contributed by atoms with E-state index in [4.69, 9.17) is 13.9 Å². The Hall–Kier alpha value is -3.28. The quantitative estimate of drug-likeness (QED) is 0.677. The van der Waals surface area contributed by atoms with E-state index >= 15 is 0 Å². The third-order valence-electron chi connectivity index (χ3n) is 4.01. The number of ether oxygens (including phenoxy) is 2. The Kier molecular flexibility index (Phi) is 5.76. The second kappa shape index (κ2) is 8.40. The van der Waals surface area contributed by atoms with Crippen LogP contribution in [0, 0.1) is 6.92 Å². The van der Waals surface area contributed by atoms with Gasteiger partial charge in [-0.2, -0.15) is 0 Å². The molecule has 27 heavy (non-hydrogen) atoms. The number of methoxy groups -OCH3 is 1.